The summed E-state index contributed by atoms with van der Waals surface area (Å²) < 4.78 is 0. The summed E-state index contributed by atoms with van der Waals surface area (Å²) in [5.41, 5.74) is 4.78. The fraction of sp³-hybridized carbons (Fsp3) is 0.789. The molecule has 4 rings (SSSR count). The van der Waals surface area contributed by atoms with Crippen molar-refractivity contribution in [2.75, 3.05) is 0 Å². The van der Waals surface area contributed by atoms with E-state index in [2.05, 4.69) is 26.0 Å². The van der Waals surface area contributed by atoms with E-state index in [1.165, 1.54) is 57.8 Å². The minimum atomic E-state index is 0.463. The maximum Gasteiger partial charge on any atom is 0.00952 e. The molecule has 0 heteroatoms. The van der Waals surface area contributed by atoms with Gasteiger partial charge in [0.2, 0.25) is 0 Å². The fourth-order valence-electron chi connectivity index (χ4n) is 6.04. The van der Waals surface area contributed by atoms with Crippen LogP contribution in [0.2, 0.25) is 0 Å². The second kappa shape index (κ2) is 3.99. The summed E-state index contributed by atoms with van der Waals surface area (Å²) in [5.74, 6) is 1.94. The molecule has 19 heavy (non-hydrogen) atoms. The molecule has 0 aromatic heterocycles. The van der Waals surface area contributed by atoms with Crippen molar-refractivity contribution in [3.63, 3.8) is 0 Å². The first-order chi connectivity index (χ1) is 9.13. The standard InChI is InChI=1S/C19H28/c1-18-11-5-7-16(18)15-9-8-14-6-3-4-12-19(14,2)17(15)10-13-18/h6,10,15-16H,3-5,7-9,11-13H2,1-2H3/t15-,16-,18-,19-/m0/s1. The van der Waals surface area contributed by atoms with Gasteiger partial charge in [0, 0.05) is 5.41 Å². The topological polar surface area (TPSA) is 0 Å². The van der Waals surface area contributed by atoms with E-state index in [1.807, 2.05) is 5.57 Å². The Morgan fingerprint density at radius 3 is 2.84 bits per heavy atom. The smallest absolute Gasteiger partial charge is 0.00952 e. The molecule has 0 N–H and O–H groups in total. The lowest BCUT2D eigenvalue weighted by Gasteiger charge is -2.52. The van der Waals surface area contributed by atoms with Gasteiger partial charge in [-0.1, -0.05) is 43.6 Å². The lowest BCUT2D eigenvalue weighted by Crippen LogP contribution is -2.42. The SMILES string of the molecule is C[C@]12CCCC=C1CC[C@@H]1C2=CC[C@]2(C)CCC[C@@H]12. The molecule has 2 fully saturated rings. The summed E-state index contributed by atoms with van der Waals surface area (Å²) in [7, 11) is 0. The van der Waals surface area contributed by atoms with Gasteiger partial charge in [0.15, 0.2) is 0 Å². The minimum absolute atomic E-state index is 0.463. The molecule has 0 heterocycles. The molecule has 4 aliphatic rings. The molecule has 0 unspecified atom stereocenters. The van der Waals surface area contributed by atoms with Crippen LogP contribution in [0.3, 0.4) is 0 Å². The summed E-state index contributed by atoms with van der Waals surface area (Å²) in [6.07, 6.45) is 18.1. The molecule has 4 aliphatic carbocycles. The Labute approximate surface area is 118 Å². The summed E-state index contributed by atoms with van der Waals surface area (Å²) in [6.45, 7) is 5.14. The van der Waals surface area contributed by atoms with Gasteiger partial charge in [-0.2, -0.15) is 0 Å². The van der Waals surface area contributed by atoms with Crippen LogP contribution in [0.15, 0.2) is 23.3 Å². The number of allylic oxidation sites excluding steroid dienone is 4. The number of hydrogen-bond acceptors (Lipinski definition) is 0. The number of rotatable bonds is 0. The third-order valence-electron chi connectivity index (χ3n) is 7.17. The molecule has 0 aliphatic heterocycles. The van der Waals surface area contributed by atoms with Crippen LogP contribution in [0.4, 0.5) is 0 Å². The summed E-state index contributed by atoms with van der Waals surface area (Å²) in [4.78, 5) is 0. The molecule has 0 amide bonds. The van der Waals surface area contributed by atoms with E-state index in [0.29, 0.717) is 10.8 Å². The van der Waals surface area contributed by atoms with Crippen LogP contribution >= 0.6 is 0 Å². The molecule has 2 saturated carbocycles. The first-order valence-corrected chi connectivity index (χ1v) is 8.54. The number of hydrogen-bond donors (Lipinski definition) is 0. The van der Waals surface area contributed by atoms with Crippen LogP contribution in [0.25, 0.3) is 0 Å². The van der Waals surface area contributed by atoms with Crippen molar-refractivity contribution in [1.29, 1.82) is 0 Å². The largest absolute Gasteiger partial charge is 0.0845 e. The second-order valence-electron chi connectivity index (χ2n) is 8.12. The zero-order chi connectivity index (χ0) is 13.1. The van der Waals surface area contributed by atoms with Gasteiger partial charge in [0.05, 0.1) is 0 Å². The van der Waals surface area contributed by atoms with E-state index >= 15 is 0 Å². The van der Waals surface area contributed by atoms with Crippen molar-refractivity contribution < 1.29 is 0 Å². The van der Waals surface area contributed by atoms with Gasteiger partial charge in [0.25, 0.3) is 0 Å². The summed E-state index contributed by atoms with van der Waals surface area (Å²) in [5, 5.41) is 0. The highest BCUT2D eigenvalue weighted by molar-refractivity contribution is 5.38. The summed E-state index contributed by atoms with van der Waals surface area (Å²) >= 11 is 0. The highest BCUT2D eigenvalue weighted by atomic mass is 14.6. The van der Waals surface area contributed by atoms with Crippen LogP contribution in [0.1, 0.15) is 71.6 Å². The average molecular weight is 256 g/mol. The van der Waals surface area contributed by atoms with Crippen molar-refractivity contribution in [3.8, 4) is 0 Å². The fourth-order valence-corrected chi connectivity index (χ4v) is 6.04. The highest BCUT2D eigenvalue weighted by Crippen LogP contribution is 2.63. The van der Waals surface area contributed by atoms with Crippen molar-refractivity contribution in [2.24, 2.45) is 22.7 Å². The molecule has 4 atom stereocenters. The van der Waals surface area contributed by atoms with Gasteiger partial charge >= 0.3 is 0 Å². The molecule has 0 bridgehead atoms. The predicted molar refractivity (Wildman–Crippen MR) is 80.9 cm³/mol. The number of fused-ring (bicyclic) bond motifs is 5. The molecular weight excluding hydrogens is 228 g/mol. The van der Waals surface area contributed by atoms with E-state index in [0.717, 1.165) is 11.8 Å². The van der Waals surface area contributed by atoms with E-state index < -0.39 is 0 Å². The lowest BCUT2D eigenvalue weighted by atomic mass is 9.52. The lowest BCUT2D eigenvalue weighted by molar-refractivity contribution is 0.120. The summed E-state index contributed by atoms with van der Waals surface area (Å²) in [6, 6.07) is 0. The molecule has 0 nitrogen and oxygen atoms in total. The molecule has 0 spiro atoms. The Morgan fingerprint density at radius 1 is 1.05 bits per heavy atom. The highest BCUT2D eigenvalue weighted by Gasteiger charge is 2.51. The van der Waals surface area contributed by atoms with Gasteiger partial charge in [0.1, 0.15) is 0 Å². The van der Waals surface area contributed by atoms with E-state index in [9.17, 15) is 0 Å². The first-order valence-electron chi connectivity index (χ1n) is 8.54. The van der Waals surface area contributed by atoms with Crippen LogP contribution in [-0.2, 0) is 0 Å². The molecular formula is C19H28. The average Bonchev–Trinajstić information content (AvgIpc) is 2.79. The third kappa shape index (κ3) is 1.58. The van der Waals surface area contributed by atoms with Crippen LogP contribution in [0, 0.1) is 22.7 Å². The zero-order valence-electron chi connectivity index (χ0n) is 12.7. The molecule has 0 aromatic rings. The molecule has 0 saturated heterocycles. The molecule has 104 valence electrons. The Hall–Kier alpha value is -0.520. The van der Waals surface area contributed by atoms with Crippen molar-refractivity contribution in [2.45, 2.75) is 71.6 Å². The maximum absolute atomic E-state index is 2.70. The Kier molecular flexibility index (Phi) is 2.57. The normalized spacial score (nSPS) is 48.7. The molecule has 0 aromatic carbocycles. The Morgan fingerprint density at radius 2 is 1.95 bits per heavy atom. The zero-order valence-corrected chi connectivity index (χ0v) is 12.7. The first kappa shape index (κ1) is 12.2. The van der Waals surface area contributed by atoms with Gasteiger partial charge in [-0.3, -0.25) is 0 Å². The minimum Gasteiger partial charge on any atom is -0.0845 e. The quantitative estimate of drug-likeness (QED) is 0.491. The van der Waals surface area contributed by atoms with Crippen molar-refractivity contribution in [3.05, 3.63) is 23.3 Å². The van der Waals surface area contributed by atoms with Crippen LogP contribution < -0.4 is 0 Å². The second-order valence-corrected chi connectivity index (χ2v) is 8.12. The van der Waals surface area contributed by atoms with Crippen molar-refractivity contribution in [1.82, 2.24) is 0 Å². The van der Waals surface area contributed by atoms with Gasteiger partial charge in [-0.15, -0.1) is 0 Å². The third-order valence-corrected chi connectivity index (χ3v) is 7.17. The monoisotopic (exact) mass is 256 g/mol. The van der Waals surface area contributed by atoms with Crippen LogP contribution in [0.5, 0.6) is 0 Å². The Balaban J connectivity index is 1.77. The van der Waals surface area contributed by atoms with Gasteiger partial charge in [-0.05, 0) is 68.6 Å². The van der Waals surface area contributed by atoms with Gasteiger partial charge in [-0.25, -0.2) is 0 Å². The van der Waals surface area contributed by atoms with E-state index in [4.69, 9.17) is 0 Å². The predicted octanol–water partition coefficient (Wildman–Crippen LogP) is 5.65. The van der Waals surface area contributed by atoms with E-state index in [-0.39, 0.29) is 0 Å². The van der Waals surface area contributed by atoms with Gasteiger partial charge < -0.3 is 0 Å². The Bertz CT molecular complexity index is 455. The molecule has 0 radical (unpaired) electrons. The van der Waals surface area contributed by atoms with E-state index in [1.54, 1.807) is 5.57 Å². The van der Waals surface area contributed by atoms with Crippen molar-refractivity contribution >= 4 is 0 Å². The maximum atomic E-state index is 2.70. The van der Waals surface area contributed by atoms with Crippen LogP contribution in [-0.4, -0.2) is 0 Å².